The highest BCUT2D eigenvalue weighted by atomic mass is 32.1. The maximum absolute atomic E-state index is 13.7. The topological polar surface area (TPSA) is 46.9 Å². The van der Waals surface area contributed by atoms with E-state index in [-0.39, 0.29) is 18.1 Å². The van der Waals surface area contributed by atoms with Gasteiger partial charge in [-0.05, 0) is 38.0 Å². The number of nitrogens with zero attached hydrogens (tertiary/aromatic N) is 2. The van der Waals surface area contributed by atoms with Crippen LogP contribution in [0.25, 0.3) is 11.3 Å². The number of carbonyl (C=O) groups excluding carboxylic acids is 1. The zero-order valence-corrected chi connectivity index (χ0v) is 16.0. The van der Waals surface area contributed by atoms with Crippen LogP contribution in [0.5, 0.6) is 0 Å². The molecule has 4 nitrogen and oxygen atoms in total. The molecule has 0 aliphatic carbocycles. The second kappa shape index (κ2) is 7.83. The van der Waals surface area contributed by atoms with Gasteiger partial charge in [0.15, 0.2) is 5.13 Å². The molecule has 0 saturated carbocycles. The third-order valence-electron chi connectivity index (χ3n) is 4.36. The van der Waals surface area contributed by atoms with Gasteiger partial charge < -0.3 is 9.88 Å². The Kier molecular flexibility index (Phi) is 5.52. The minimum absolute atomic E-state index is 0.00734. The van der Waals surface area contributed by atoms with E-state index in [9.17, 15) is 9.18 Å². The predicted octanol–water partition coefficient (Wildman–Crippen LogP) is 4.96. The summed E-state index contributed by atoms with van der Waals surface area (Å²) >= 11 is 1.38. The zero-order chi connectivity index (χ0) is 18.7. The van der Waals surface area contributed by atoms with Crippen LogP contribution in [-0.4, -0.2) is 15.5 Å². The van der Waals surface area contributed by atoms with E-state index in [2.05, 4.69) is 41.7 Å². The van der Waals surface area contributed by atoms with Crippen LogP contribution in [0.4, 0.5) is 9.52 Å². The van der Waals surface area contributed by atoms with Crippen molar-refractivity contribution in [3.63, 3.8) is 0 Å². The maximum atomic E-state index is 13.7. The van der Waals surface area contributed by atoms with E-state index in [1.807, 2.05) is 5.38 Å². The molecule has 0 aliphatic heterocycles. The van der Waals surface area contributed by atoms with E-state index >= 15 is 0 Å². The van der Waals surface area contributed by atoms with Crippen molar-refractivity contribution in [2.24, 2.45) is 0 Å². The molecule has 3 aromatic rings. The lowest BCUT2D eigenvalue weighted by atomic mass is 10.1. The van der Waals surface area contributed by atoms with Gasteiger partial charge in [-0.3, -0.25) is 4.79 Å². The van der Waals surface area contributed by atoms with Crippen LogP contribution in [0.3, 0.4) is 0 Å². The highest BCUT2D eigenvalue weighted by molar-refractivity contribution is 7.14. The lowest BCUT2D eigenvalue weighted by molar-refractivity contribution is -0.115. The molecule has 1 amide bonds. The van der Waals surface area contributed by atoms with E-state index in [0.717, 1.165) is 24.2 Å². The van der Waals surface area contributed by atoms with Crippen LogP contribution in [0.2, 0.25) is 0 Å². The second-order valence-corrected chi connectivity index (χ2v) is 7.15. The summed E-state index contributed by atoms with van der Waals surface area (Å²) in [6.45, 7) is 7.32. The summed E-state index contributed by atoms with van der Waals surface area (Å²) in [6, 6.07) is 8.43. The Hall–Kier alpha value is -2.47. The Bertz CT molecular complexity index is 929. The van der Waals surface area contributed by atoms with Gasteiger partial charge in [-0.25, -0.2) is 9.37 Å². The van der Waals surface area contributed by atoms with Crippen LogP contribution in [-0.2, 0) is 17.8 Å². The molecule has 0 atom stereocenters. The molecule has 0 radical (unpaired) electrons. The molecule has 2 heterocycles. The van der Waals surface area contributed by atoms with Crippen molar-refractivity contribution in [3.05, 3.63) is 58.5 Å². The number of benzene rings is 1. The van der Waals surface area contributed by atoms with Crippen molar-refractivity contribution >= 4 is 22.4 Å². The lowest BCUT2D eigenvalue weighted by Gasteiger charge is -2.07. The number of carbonyl (C=O) groups is 1. The molecule has 0 bridgehead atoms. The van der Waals surface area contributed by atoms with E-state index in [4.69, 9.17) is 0 Å². The molecule has 1 N–H and O–H groups in total. The molecule has 3 rings (SSSR count). The van der Waals surface area contributed by atoms with Crippen molar-refractivity contribution in [3.8, 4) is 11.3 Å². The van der Waals surface area contributed by atoms with Crippen molar-refractivity contribution in [2.75, 3.05) is 5.32 Å². The molecule has 1 aromatic carbocycles. The molecule has 0 fully saturated rings. The molecule has 0 saturated heterocycles. The summed E-state index contributed by atoms with van der Waals surface area (Å²) in [5.74, 6) is -0.640. The van der Waals surface area contributed by atoms with E-state index in [1.165, 1.54) is 28.8 Å². The fourth-order valence-electron chi connectivity index (χ4n) is 3.06. The smallest absolute Gasteiger partial charge is 0.230 e. The Morgan fingerprint density at radius 2 is 2.08 bits per heavy atom. The molecular weight excluding hydrogens is 349 g/mol. The summed E-state index contributed by atoms with van der Waals surface area (Å²) in [6.07, 6.45) is 1.07. The average molecular weight is 371 g/mol. The quantitative estimate of drug-likeness (QED) is 0.666. The highest BCUT2D eigenvalue weighted by Crippen LogP contribution is 2.30. The predicted molar refractivity (Wildman–Crippen MR) is 104 cm³/mol. The summed E-state index contributed by atoms with van der Waals surface area (Å²) in [4.78, 5) is 16.7. The van der Waals surface area contributed by atoms with Crippen molar-refractivity contribution in [2.45, 2.75) is 40.2 Å². The van der Waals surface area contributed by atoms with Crippen LogP contribution in [0.15, 0.2) is 35.7 Å². The zero-order valence-electron chi connectivity index (χ0n) is 15.2. The Labute approximate surface area is 156 Å². The van der Waals surface area contributed by atoms with Gasteiger partial charge in [0.2, 0.25) is 5.91 Å². The number of halogens is 1. The third-order valence-corrected chi connectivity index (χ3v) is 5.11. The summed E-state index contributed by atoms with van der Waals surface area (Å²) < 4.78 is 15.9. The van der Waals surface area contributed by atoms with Gasteiger partial charge in [-0.15, -0.1) is 11.3 Å². The molecule has 0 aliphatic rings. The fourth-order valence-corrected chi connectivity index (χ4v) is 3.79. The first-order valence-electron chi connectivity index (χ1n) is 8.65. The van der Waals surface area contributed by atoms with Crippen molar-refractivity contribution < 1.29 is 9.18 Å². The number of amides is 1. The molecule has 26 heavy (non-hydrogen) atoms. The van der Waals surface area contributed by atoms with Gasteiger partial charge in [0.25, 0.3) is 0 Å². The first-order chi connectivity index (χ1) is 12.5. The van der Waals surface area contributed by atoms with Crippen LogP contribution in [0.1, 0.15) is 30.3 Å². The Morgan fingerprint density at radius 1 is 1.31 bits per heavy atom. The van der Waals surface area contributed by atoms with E-state index < -0.39 is 0 Å². The average Bonchev–Trinajstić information content (AvgIpc) is 3.16. The molecule has 2 aromatic heterocycles. The number of rotatable bonds is 6. The molecule has 6 heteroatoms. The molecule has 136 valence electrons. The van der Waals surface area contributed by atoms with Crippen LogP contribution in [0, 0.1) is 19.7 Å². The van der Waals surface area contributed by atoms with Gasteiger partial charge in [-0.1, -0.05) is 25.1 Å². The third kappa shape index (κ3) is 3.85. The normalized spacial score (nSPS) is 10.9. The van der Waals surface area contributed by atoms with Crippen LogP contribution >= 0.6 is 11.3 Å². The largest absolute Gasteiger partial charge is 0.348 e. The number of hydrogen-bond acceptors (Lipinski definition) is 3. The number of thiazole rings is 1. The second-order valence-electron chi connectivity index (χ2n) is 6.29. The maximum Gasteiger partial charge on any atom is 0.230 e. The van der Waals surface area contributed by atoms with Crippen molar-refractivity contribution in [1.82, 2.24) is 9.55 Å². The van der Waals surface area contributed by atoms with E-state index in [1.54, 1.807) is 18.2 Å². The fraction of sp³-hybridized carbons (Fsp3) is 0.300. The summed E-state index contributed by atoms with van der Waals surface area (Å²) in [7, 11) is 0. The number of aryl methyl sites for hydroxylation is 1. The molecule has 0 spiro atoms. The Morgan fingerprint density at radius 3 is 2.81 bits per heavy atom. The number of nitrogens with one attached hydrogen (secondary N) is 1. The molecular formula is C20H22FN3OS. The molecule has 0 unspecified atom stereocenters. The number of hydrogen-bond donors (Lipinski definition) is 1. The number of aromatic nitrogens is 2. The lowest BCUT2D eigenvalue weighted by Crippen LogP contribution is -2.15. The minimum Gasteiger partial charge on any atom is -0.348 e. The summed E-state index contributed by atoms with van der Waals surface area (Å²) in [5.41, 5.74) is 4.70. The van der Waals surface area contributed by atoms with Crippen LogP contribution < -0.4 is 5.32 Å². The van der Waals surface area contributed by atoms with Gasteiger partial charge in [0.1, 0.15) is 5.82 Å². The van der Waals surface area contributed by atoms with Gasteiger partial charge >= 0.3 is 0 Å². The monoisotopic (exact) mass is 371 g/mol. The first kappa shape index (κ1) is 18.3. The highest BCUT2D eigenvalue weighted by Gasteiger charge is 2.15. The van der Waals surface area contributed by atoms with Crippen molar-refractivity contribution in [1.29, 1.82) is 0 Å². The van der Waals surface area contributed by atoms with Gasteiger partial charge in [0.05, 0.1) is 12.1 Å². The van der Waals surface area contributed by atoms with Gasteiger partial charge in [0, 0.05) is 28.9 Å². The standard InChI is InChI=1S/C20H22FN3OS/c1-4-9-24-13(2)10-16(14(24)3)18-12-26-20(22-18)23-19(25)11-15-7-5-6-8-17(15)21/h5-8,10,12H,4,9,11H2,1-3H3,(H,22,23,25). The SMILES string of the molecule is CCCn1c(C)cc(-c2csc(NC(=O)Cc3ccccc3F)n2)c1C. The minimum atomic E-state index is -0.370. The summed E-state index contributed by atoms with van der Waals surface area (Å²) in [5, 5.41) is 5.24. The van der Waals surface area contributed by atoms with E-state index in [0.29, 0.717) is 10.7 Å². The Balaban J connectivity index is 1.73. The van der Waals surface area contributed by atoms with Gasteiger partial charge in [-0.2, -0.15) is 0 Å². The first-order valence-corrected chi connectivity index (χ1v) is 9.53. The number of anilines is 1.